The summed E-state index contributed by atoms with van der Waals surface area (Å²) in [4.78, 5) is 15.5. The van der Waals surface area contributed by atoms with Gasteiger partial charge in [0.05, 0.1) is 0 Å². The van der Waals surface area contributed by atoms with Crippen LogP contribution in [0.15, 0.2) is 18.3 Å². The summed E-state index contributed by atoms with van der Waals surface area (Å²) in [6.07, 6.45) is 5.37. The molecule has 3 aliphatic rings. The minimum absolute atomic E-state index is 0.157. The maximum atomic E-state index is 13.0. The van der Waals surface area contributed by atoms with E-state index in [9.17, 15) is 9.18 Å². The van der Waals surface area contributed by atoms with Crippen LogP contribution in [-0.4, -0.2) is 16.9 Å². The van der Waals surface area contributed by atoms with Gasteiger partial charge >= 0.3 is 0 Å². The third-order valence-electron chi connectivity index (χ3n) is 5.02. The number of nitrogens with one attached hydrogen (secondary N) is 1. The molecule has 0 saturated heterocycles. The van der Waals surface area contributed by atoms with Gasteiger partial charge in [0, 0.05) is 23.9 Å². The first-order valence-corrected chi connectivity index (χ1v) is 6.66. The number of fused-ring (bicyclic) bond motifs is 5. The molecule has 0 aromatic carbocycles. The Balaban J connectivity index is 1.46. The highest BCUT2D eigenvalue weighted by Gasteiger charge is 2.65. The van der Waals surface area contributed by atoms with Crippen LogP contribution in [0.2, 0.25) is 0 Å². The first kappa shape index (κ1) is 10.5. The average molecular weight is 246 g/mol. The lowest BCUT2D eigenvalue weighted by Gasteiger charge is -2.10. The lowest BCUT2D eigenvalue weighted by atomic mass is 10.0. The molecule has 4 atom stereocenters. The molecular weight excluding hydrogens is 231 g/mol. The Morgan fingerprint density at radius 3 is 2.72 bits per heavy atom. The van der Waals surface area contributed by atoms with E-state index < -0.39 is 5.95 Å². The molecular formula is C14H15FN2O. The van der Waals surface area contributed by atoms with E-state index in [1.807, 2.05) is 0 Å². The number of carbonyl (C=O) groups excluding carboxylic acids is 1. The Kier molecular flexibility index (Phi) is 2.05. The van der Waals surface area contributed by atoms with E-state index in [1.165, 1.54) is 31.5 Å². The number of nitrogens with zero attached hydrogens (tertiary/aromatic N) is 1. The SMILES string of the molecule is O=C(NC1C2C3CCC(C3)C12)c1ccnc(F)c1. The second-order valence-electron chi connectivity index (χ2n) is 5.85. The number of hydrogen-bond donors (Lipinski definition) is 1. The molecule has 4 heteroatoms. The zero-order valence-corrected chi connectivity index (χ0v) is 9.97. The number of hydrogen-bond acceptors (Lipinski definition) is 2. The summed E-state index contributed by atoms with van der Waals surface area (Å²) in [6, 6.07) is 3.10. The number of rotatable bonds is 2. The van der Waals surface area contributed by atoms with Crippen molar-refractivity contribution in [3.05, 3.63) is 29.8 Å². The maximum absolute atomic E-state index is 13.0. The molecule has 1 aromatic rings. The summed E-state index contributed by atoms with van der Waals surface area (Å²) >= 11 is 0. The molecule has 0 radical (unpaired) electrons. The standard InChI is InChI=1S/C14H15FN2O/c15-10-6-9(3-4-16-10)14(18)17-13-11-7-1-2-8(5-7)12(11)13/h3-4,6-8,11-13H,1-2,5H2,(H,17,18). The molecule has 94 valence electrons. The second-order valence-corrected chi connectivity index (χ2v) is 5.85. The fourth-order valence-electron chi connectivity index (χ4n) is 4.30. The quantitative estimate of drug-likeness (QED) is 0.811. The highest BCUT2D eigenvalue weighted by Crippen LogP contribution is 2.65. The van der Waals surface area contributed by atoms with E-state index in [-0.39, 0.29) is 5.91 Å². The molecule has 1 aromatic heterocycles. The molecule has 4 unspecified atom stereocenters. The molecule has 1 heterocycles. The van der Waals surface area contributed by atoms with Crippen LogP contribution in [-0.2, 0) is 0 Å². The molecule has 3 nitrogen and oxygen atoms in total. The van der Waals surface area contributed by atoms with E-state index in [1.54, 1.807) is 6.07 Å². The van der Waals surface area contributed by atoms with Crippen LogP contribution in [0.4, 0.5) is 4.39 Å². The van der Waals surface area contributed by atoms with Gasteiger partial charge in [0.15, 0.2) is 0 Å². The van der Waals surface area contributed by atoms with Gasteiger partial charge in [-0.05, 0) is 49.0 Å². The minimum Gasteiger partial charge on any atom is -0.349 e. The summed E-state index contributed by atoms with van der Waals surface area (Å²) in [6.45, 7) is 0. The van der Waals surface area contributed by atoms with E-state index in [4.69, 9.17) is 0 Å². The van der Waals surface area contributed by atoms with Gasteiger partial charge in [0.1, 0.15) is 0 Å². The lowest BCUT2D eigenvalue weighted by molar-refractivity contribution is 0.0943. The Hall–Kier alpha value is -1.45. The Labute approximate surface area is 105 Å². The Morgan fingerprint density at radius 1 is 1.33 bits per heavy atom. The molecule has 1 amide bonds. The van der Waals surface area contributed by atoms with E-state index >= 15 is 0 Å². The van der Waals surface area contributed by atoms with Gasteiger partial charge in [-0.2, -0.15) is 4.39 Å². The molecule has 3 aliphatic carbocycles. The first-order chi connectivity index (χ1) is 8.74. The van der Waals surface area contributed by atoms with Crippen molar-refractivity contribution in [2.45, 2.75) is 25.3 Å². The molecule has 3 fully saturated rings. The fraction of sp³-hybridized carbons (Fsp3) is 0.571. The van der Waals surface area contributed by atoms with Crippen LogP contribution >= 0.6 is 0 Å². The van der Waals surface area contributed by atoms with Gasteiger partial charge in [0.25, 0.3) is 5.91 Å². The van der Waals surface area contributed by atoms with E-state index in [0.717, 1.165) is 11.8 Å². The third kappa shape index (κ3) is 1.41. The van der Waals surface area contributed by atoms with Gasteiger partial charge in [0.2, 0.25) is 5.95 Å². The van der Waals surface area contributed by atoms with Crippen molar-refractivity contribution in [2.24, 2.45) is 23.7 Å². The van der Waals surface area contributed by atoms with Crippen LogP contribution in [0.3, 0.4) is 0 Å². The number of aromatic nitrogens is 1. The van der Waals surface area contributed by atoms with Gasteiger partial charge in [-0.15, -0.1) is 0 Å². The molecule has 0 aliphatic heterocycles. The van der Waals surface area contributed by atoms with Crippen LogP contribution in [0, 0.1) is 29.6 Å². The molecule has 18 heavy (non-hydrogen) atoms. The van der Waals surface area contributed by atoms with Crippen molar-refractivity contribution in [1.82, 2.24) is 10.3 Å². The van der Waals surface area contributed by atoms with Crippen LogP contribution in [0.5, 0.6) is 0 Å². The van der Waals surface area contributed by atoms with Crippen molar-refractivity contribution in [3.8, 4) is 0 Å². The molecule has 1 N–H and O–H groups in total. The smallest absolute Gasteiger partial charge is 0.251 e. The molecule has 0 spiro atoms. The highest BCUT2D eigenvalue weighted by atomic mass is 19.1. The third-order valence-corrected chi connectivity index (χ3v) is 5.02. The van der Waals surface area contributed by atoms with Crippen molar-refractivity contribution < 1.29 is 9.18 Å². The first-order valence-electron chi connectivity index (χ1n) is 6.66. The normalized spacial score (nSPS) is 39.5. The zero-order chi connectivity index (χ0) is 12.3. The predicted octanol–water partition coefficient (Wildman–Crippen LogP) is 1.99. The maximum Gasteiger partial charge on any atom is 0.251 e. The van der Waals surface area contributed by atoms with Crippen molar-refractivity contribution in [2.75, 3.05) is 0 Å². The van der Waals surface area contributed by atoms with Gasteiger partial charge in [-0.25, -0.2) is 4.98 Å². The van der Waals surface area contributed by atoms with E-state index in [2.05, 4.69) is 10.3 Å². The van der Waals surface area contributed by atoms with Gasteiger partial charge in [-0.1, -0.05) is 0 Å². The summed E-state index contributed by atoms with van der Waals surface area (Å²) in [5.41, 5.74) is 0.375. The second kappa shape index (κ2) is 3.53. The molecule has 2 bridgehead atoms. The Bertz CT molecular complexity index is 502. The number of carbonyl (C=O) groups is 1. The fourth-order valence-corrected chi connectivity index (χ4v) is 4.30. The summed E-state index contributed by atoms with van der Waals surface area (Å²) < 4.78 is 13.0. The largest absolute Gasteiger partial charge is 0.349 e. The predicted molar refractivity (Wildman–Crippen MR) is 63.3 cm³/mol. The monoisotopic (exact) mass is 246 g/mol. The minimum atomic E-state index is -0.598. The lowest BCUT2D eigenvalue weighted by Crippen LogP contribution is -2.30. The van der Waals surface area contributed by atoms with Gasteiger partial charge < -0.3 is 5.32 Å². The molecule has 4 rings (SSSR count). The number of pyridine rings is 1. The average Bonchev–Trinajstić information content (AvgIpc) is 2.77. The summed E-state index contributed by atoms with van der Waals surface area (Å²) in [7, 11) is 0. The molecule has 3 saturated carbocycles. The zero-order valence-electron chi connectivity index (χ0n) is 9.97. The number of amides is 1. The van der Waals surface area contributed by atoms with E-state index in [0.29, 0.717) is 23.4 Å². The van der Waals surface area contributed by atoms with Crippen molar-refractivity contribution >= 4 is 5.91 Å². The topological polar surface area (TPSA) is 42.0 Å². The Morgan fingerprint density at radius 2 is 2.06 bits per heavy atom. The van der Waals surface area contributed by atoms with Crippen molar-refractivity contribution in [1.29, 1.82) is 0 Å². The summed E-state index contributed by atoms with van der Waals surface area (Å²) in [5.74, 6) is 2.33. The van der Waals surface area contributed by atoms with Crippen LogP contribution < -0.4 is 5.32 Å². The van der Waals surface area contributed by atoms with Crippen LogP contribution in [0.1, 0.15) is 29.6 Å². The van der Waals surface area contributed by atoms with Gasteiger partial charge in [-0.3, -0.25) is 4.79 Å². The van der Waals surface area contributed by atoms with Crippen molar-refractivity contribution in [3.63, 3.8) is 0 Å². The van der Waals surface area contributed by atoms with Crippen LogP contribution in [0.25, 0.3) is 0 Å². The highest BCUT2D eigenvalue weighted by molar-refractivity contribution is 5.94. The summed E-state index contributed by atoms with van der Waals surface area (Å²) in [5, 5.41) is 3.07. The number of halogens is 1.